The molecule has 12 heteroatoms. The first-order chi connectivity index (χ1) is 13.4. The molecule has 2 atom stereocenters. The summed E-state index contributed by atoms with van der Waals surface area (Å²) in [7, 11) is -3.98. The van der Waals surface area contributed by atoms with Crippen molar-refractivity contribution in [3.63, 3.8) is 0 Å². The van der Waals surface area contributed by atoms with Crippen molar-refractivity contribution in [3.8, 4) is 0 Å². The van der Waals surface area contributed by atoms with Gasteiger partial charge in [0.15, 0.2) is 21.3 Å². The molecule has 1 aromatic rings. The van der Waals surface area contributed by atoms with Crippen LogP contribution in [0.25, 0.3) is 6.08 Å². The number of sulfone groups is 1. The molecule has 0 bridgehead atoms. The number of β-lactam (4-membered cyclic amide) rings is 1. The molecule has 0 aromatic carbocycles. The van der Waals surface area contributed by atoms with E-state index in [1.54, 1.807) is 0 Å². The number of amides is 3. The first kappa shape index (κ1) is 20.5. The second kappa shape index (κ2) is 6.65. The number of hydrogen-bond acceptors (Lipinski definition) is 7. The lowest BCUT2D eigenvalue weighted by Crippen LogP contribution is -2.58. The number of pyridine rings is 1. The van der Waals surface area contributed by atoms with E-state index in [9.17, 15) is 32.7 Å². The number of carbonyl (C=O) groups is 4. The number of nitrogens with one attached hydrogen (secondary N) is 1. The van der Waals surface area contributed by atoms with Crippen LogP contribution in [0.5, 0.6) is 0 Å². The van der Waals surface area contributed by atoms with Gasteiger partial charge >= 0.3 is 5.97 Å². The molecule has 1 aromatic heterocycles. The Hall–Kier alpha value is -3.28. The Kier molecular flexibility index (Phi) is 4.69. The lowest BCUT2D eigenvalue weighted by molar-refractivity contribution is -0.152. The molecule has 0 unspecified atom stereocenters. The fourth-order valence-electron chi connectivity index (χ4n) is 3.40. The Labute approximate surface area is 165 Å². The van der Waals surface area contributed by atoms with Gasteiger partial charge in [0.1, 0.15) is 4.75 Å². The molecular weight excluding hydrogens is 404 g/mol. The number of fused-ring (bicyclic) bond motifs is 1. The van der Waals surface area contributed by atoms with Crippen molar-refractivity contribution in [2.75, 3.05) is 6.54 Å². The highest BCUT2D eigenvalue weighted by Gasteiger charge is 2.70. The quantitative estimate of drug-likeness (QED) is 0.379. The summed E-state index contributed by atoms with van der Waals surface area (Å²) in [5.74, 6) is -3.37. The molecule has 0 saturated carbocycles. The Morgan fingerprint density at radius 2 is 2.00 bits per heavy atom. The van der Waals surface area contributed by atoms with Crippen LogP contribution in [-0.4, -0.2) is 69.8 Å². The predicted molar refractivity (Wildman–Crippen MR) is 98.8 cm³/mol. The average Bonchev–Trinajstić information content (AvgIpc) is 2.78. The van der Waals surface area contributed by atoms with Gasteiger partial charge in [0, 0.05) is 6.20 Å². The van der Waals surface area contributed by atoms with Crippen molar-refractivity contribution in [1.82, 2.24) is 15.2 Å². The third-order valence-electron chi connectivity index (χ3n) is 4.97. The summed E-state index contributed by atoms with van der Waals surface area (Å²) in [5, 5.41) is 10.3. The first-order valence-corrected chi connectivity index (χ1v) is 9.97. The van der Waals surface area contributed by atoms with Crippen LogP contribution in [0.3, 0.4) is 0 Å². The highest BCUT2D eigenvalue weighted by atomic mass is 32.2. The van der Waals surface area contributed by atoms with Crippen LogP contribution >= 0.6 is 0 Å². The van der Waals surface area contributed by atoms with E-state index < -0.39 is 49.7 Å². The maximum absolute atomic E-state index is 12.8. The summed E-state index contributed by atoms with van der Waals surface area (Å²) in [6.45, 7) is 2.22. The van der Waals surface area contributed by atoms with Gasteiger partial charge < -0.3 is 21.1 Å². The molecule has 11 nitrogen and oxygen atoms in total. The Bertz CT molecular complexity index is 1060. The van der Waals surface area contributed by atoms with Gasteiger partial charge in [-0.1, -0.05) is 0 Å². The molecule has 154 valence electrons. The molecule has 0 radical (unpaired) electrons. The molecule has 3 heterocycles. The maximum atomic E-state index is 12.8. The SMILES string of the molecule is CC1(C)[C@H](C(=O)O)N2C(=O)/C(=C/c3ccc(C(=O)NCC(N)=O)cn3)[C@@H]2S1(=O)=O. The summed E-state index contributed by atoms with van der Waals surface area (Å²) >= 11 is 0. The highest BCUT2D eigenvalue weighted by Crippen LogP contribution is 2.48. The molecule has 29 heavy (non-hydrogen) atoms. The molecule has 0 aliphatic carbocycles. The monoisotopic (exact) mass is 422 g/mol. The van der Waals surface area contributed by atoms with Crippen molar-refractivity contribution in [3.05, 3.63) is 35.2 Å². The Balaban J connectivity index is 1.87. The van der Waals surface area contributed by atoms with Gasteiger partial charge in [-0.2, -0.15) is 0 Å². The van der Waals surface area contributed by atoms with Gasteiger partial charge in [-0.3, -0.25) is 19.4 Å². The fraction of sp³-hybridized carbons (Fsp3) is 0.353. The lowest BCUT2D eigenvalue weighted by atomic mass is 9.95. The van der Waals surface area contributed by atoms with E-state index in [4.69, 9.17) is 5.73 Å². The second-order valence-corrected chi connectivity index (χ2v) is 9.76. The van der Waals surface area contributed by atoms with E-state index in [0.717, 1.165) is 4.90 Å². The number of aliphatic carboxylic acids is 1. The highest BCUT2D eigenvalue weighted by molar-refractivity contribution is 7.94. The summed E-state index contributed by atoms with van der Waals surface area (Å²) in [5.41, 5.74) is 5.21. The predicted octanol–water partition coefficient (Wildman–Crippen LogP) is -1.49. The van der Waals surface area contributed by atoms with Crippen molar-refractivity contribution < 1.29 is 32.7 Å². The number of hydrogen-bond donors (Lipinski definition) is 3. The topological polar surface area (TPSA) is 177 Å². The van der Waals surface area contributed by atoms with Gasteiger partial charge in [-0.25, -0.2) is 13.2 Å². The van der Waals surface area contributed by atoms with Crippen molar-refractivity contribution >= 4 is 39.6 Å². The third kappa shape index (κ3) is 3.05. The van der Waals surface area contributed by atoms with Gasteiger partial charge in [0.25, 0.3) is 11.8 Å². The van der Waals surface area contributed by atoms with Crippen LogP contribution in [0.2, 0.25) is 0 Å². The van der Waals surface area contributed by atoms with Crippen LogP contribution in [0.4, 0.5) is 0 Å². The van der Waals surface area contributed by atoms with Crippen molar-refractivity contribution in [2.24, 2.45) is 5.73 Å². The molecule has 0 spiro atoms. The van der Waals surface area contributed by atoms with Gasteiger partial charge in [0.2, 0.25) is 5.91 Å². The summed E-state index contributed by atoms with van der Waals surface area (Å²) < 4.78 is 23.9. The fourth-order valence-corrected chi connectivity index (χ4v) is 5.52. The molecule has 4 N–H and O–H groups in total. The largest absolute Gasteiger partial charge is 0.480 e. The number of aromatic nitrogens is 1. The van der Waals surface area contributed by atoms with E-state index in [1.807, 2.05) is 0 Å². The van der Waals surface area contributed by atoms with Crippen LogP contribution in [0.15, 0.2) is 23.9 Å². The molecule has 3 rings (SSSR count). The van der Waals surface area contributed by atoms with Crippen LogP contribution in [0.1, 0.15) is 29.9 Å². The minimum absolute atomic E-state index is 0.0831. The summed E-state index contributed by atoms with van der Waals surface area (Å²) in [6.07, 6.45) is 2.45. The molecule has 2 aliphatic rings. The normalized spacial score (nSPS) is 25.2. The number of carboxylic acid groups (broad SMARTS) is 1. The lowest BCUT2D eigenvalue weighted by Gasteiger charge is -2.37. The third-order valence-corrected chi connectivity index (χ3v) is 7.73. The Morgan fingerprint density at radius 3 is 2.52 bits per heavy atom. The standard InChI is InChI=1S/C17H18N4O7S/c1-17(2)12(16(25)26)21-14(24)10(15(21)29(17,27)28)5-9-4-3-8(6-19-9)13(23)20-7-11(18)22/h3-6,12,15H,7H2,1-2H3,(H2,18,22)(H,20,23)(H,25,26)/b10-5-/t12-,15-/m0/s1. The molecule has 2 saturated heterocycles. The van der Waals surface area contributed by atoms with E-state index in [2.05, 4.69) is 10.3 Å². The summed E-state index contributed by atoms with van der Waals surface area (Å²) in [6, 6.07) is 1.29. The number of nitrogens with zero attached hydrogens (tertiary/aromatic N) is 2. The minimum Gasteiger partial charge on any atom is -0.480 e. The molecule has 2 fully saturated rings. The van der Waals surface area contributed by atoms with Gasteiger partial charge in [-0.15, -0.1) is 0 Å². The Morgan fingerprint density at radius 1 is 1.34 bits per heavy atom. The second-order valence-electron chi connectivity index (χ2n) is 7.17. The first-order valence-electron chi connectivity index (χ1n) is 8.42. The van der Waals surface area contributed by atoms with Crippen molar-refractivity contribution in [2.45, 2.75) is 30.0 Å². The zero-order valence-electron chi connectivity index (χ0n) is 15.4. The zero-order valence-corrected chi connectivity index (χ0v) is 16.3. The van der Waals surface area contributed by atoms with Gasteiger partial charge in [0.05, 0.1) is 23.4 Å². The average molecular weight is 422 g/mol. The number of carbonyl (C=O) groups excluding carboxylic acids is 3. The number of carboxylic acids is 1. The maximum Gasteiger partial charge on any atom is 0.328 e. The van der Waals surface area contributed by atoms with E-state index >= 15 is 0 Å². The number of primary amides is 1. The van der Waals surface area contributed by atoms with Crippen LogP contribution < -0.4 is 11.1 Å². The smallest absolute Gasteiger partial charge is 0.328 e. The van der Waals surface area contributed by atoms with Crippen LogP contribution in [0, 0.1) is 0 Å². The molecule has 2 aliphatic heterocycles. The van der Waals surface area contributed by atoms with E-state index in [-0.39, 0.29) is 23.4 Å². The van der Waals surface area contributed by atoms with Crippen LogP contribution in [-0.2, 0) is 24.2 Å². The number of rotatable bonds is 5. The van der Waals surface area contributed by atoms with E-state index in [1.165, 1.54) is 38.3 Å². The molecular formula is C17H18N4O7S. The minimum atomic E-state index is -3.98. The van der Waals surface area contributed by atoms with Gasteiger partial charge in [-0.05, 0) is 32.1 Å². The van der Waals surface area contributed by atoms with E-state index in [0.29, 0.717) is 0 Å². The summed E-state index contributed by atoms with van der Waals surface area (Å²) in [4.78, 5) is 51.4. The van der Waals surface area contributed by atoms with Crippen molar-refractivity contribution in [1.29, 1.82) is 0 Å². The number of nitrogens with two attached hydrogens (primary N) is 1. The molecule has 3 amide bonds. The zero-order chi connectivity index (χ0) is 21.7.